The number of nitro benzene ring substituents is 1. The van der Waals surface area contributed by atoms with Crippen LogP contribution in [-0.4, -0.2) is 31.3 Å². The maximum Gasteiger partial charge on any atom is 0.271 e. The van der Waals surface area contributed by atoms with E-state index in [2.05, 4.69) is 33.9 Å². The van der Waals surface area contributed by atoms with E-state index in [0.29, 0.717) is 10.8 Å². The van der Waals surface area contributed by atoms with Gasteiger partial charge in [0, 0.05) is 40.2 Å². The van der Waals surface area contributed by atoms with Crippen molar-refractivity contribution in [2.45, 2.75) is 32.0 Å². The number of carbonyl (C=O) groups is 1. The third-order valence-corrected chi connectivity index (χ3v) is 5.65. The maximum absolute atomic E-state index is 12.3. The average Bonchev–Trinajstić information content (AvgIpc) is 3.26. The third kappa shape index (κ3) is 4.76. The second kappa shape index (κ2) is 8.98. The number of nitrogens with one attached hydrogen (secondary N) is 1. The van der Waals surface area contributed by atoms with Gasteiger partial charge in [-0.2, -0.15) is 0 Å². The molecule has 0 fully saturated rings. The van der Waals surface area contributed by atoms with E-state index < -0.39 is 4.92 Å². The molecule has 1 aromatic carbocycles. The number of carbonyl (C=O) groups excluding carboxylic acids is 1. The van der Waals surface area contributed by atoms with E-state index in [9.17, 15) is 14.9 Å². The van der Waals surface area contributed by atoms with Crippen LogP contribution in [0.1, 0.15) is 18.2 Å². The molecule has 8 nitrogen and oxygen atoms in total. The van der Waals surface area contributed by atoms with E-state index in [1.165, 1.54) is 34.8 Å². The Bertz CT molecular complexity index is 999. The fraction of sp³-hybridized carbons (Fsp3) is 0.278. The molecule has 0 bridgehead atoms. The summed E-state index contributed by atoms with van der Waals surface area (Å²) in [5.74, 6) is 0.671. The predicted molar refractivity (Wildman–Crippen MR) is 111 cm³/mol. The Labute approximate surface area is 170 Å². The SMILES string of the molecule is CCCn1c(SCC(=O)Nc2cccc([N+](=O)[O-])c2)nnc1-c1csc(C)c1. The van der Waals surface area contributed by atoms with Gasteiger partial charge in [0.05, 0.1) is 10.7 Å². The number of aromatic nitrogens is 3. The number of nitro groups is 1. The van der Waals surface area contributed by atoms with Gasteiger partial charge in [0.1, 0.15) is 0 Å². The first-order valence-electron chi connectivity index (χ1n) is 8.63. The summed E-state index contributed by atoms with van der Waals surface area (Å²) in [6.07, 6.45) is 0.918. The Morgan fingerprint density at radius 3 is 2.86 bits per heavy atom. The van der Waals surface area contributed by atoms with E-state index in [-0.39, 0.29) is 17.3 Å². The molecule has 0 aliphatic rings. The number of amides is 1. The molecule has 0 unspecified atom stereocenters. The van der Waals surface area contributed by atoms with Gasteiger partial charge in [0.25, 0.3) is 5.69 Å². The molecule has 0 spiro atoms. The molecule has 0 saturated carbocycles. The van der Waals surface area contributed by atoms with Crippen LogP contribution in [0.25, 0.3) is 11.4 Å². The number of thiophene rings is 1. The minimum Gasteiger partial charge on any atom is -0.325 e. The van der Waals surface area contributed by atoms with Crippen molar-refractivity contribution in [2.75, 3.05) is 11.1 Å². The summed E-state index contributed by atoms with van der Waals surface area (Å²) in [6.45, 7) is 4.88. The van der Waals surface area contributed by atoms with Crippen LogP contribution in [0.2, 0.25) is 0 Å². The monoisotopic (exact) mass is 417 g/mol. The van der Waals surface area contributed by atoms with Crippen LogP contribution in [0.4, 0.5) is 11.4 Å². The smallest absolute Gasteiger partial charge is 0.271 e. The lowest BCUT2D eigenvalue weighted by Gasteiger charge is -2.08. The van der Waals surface area contributed by atoms with Gasteiger partial charge >= 0.3 is 0 Å². The first-order valence-corrected chi connectivity index (χ1v) is 10.5. The van der Waals surface area contributed by atoms with E-state index >= 15 is 0 Å². The van der Waals surface area contributed by atoms with Crippen LogP contribution < -0.4 is 5.32 Å². The van der Waals surface area contributed by atoms with Gasteiger partial charge in [-0.3, -0.25) is 14.9 Å². The zero-order valence-electron chi connectivity index (χ0n) is 15.4. The first-order chi connectivity index (χ1) is 13.5. The lowest BCUT2D eigenvalue weighted by Crippen LogP contribution is -2.14. The summed E-state index contributed by atoms with van der Waals surface area (Å²) in [4.78, 5) is 23.8. The highest BCUT2D eigenvalue weighted by molar-refractivity contribution is 7.99. The van der Waals surface area contributed by atoms with Gasteiger partial charge in [-0.25, -0.2) is 0 Å². The summed E-state index contributed by atoms with van der Waals surface area (Å²) in [5.41, 5.74) is 1.35. The highest BCUT2D eigenvalue weighted by Crippen LogP contribution is 2.28. The highest BCUT2D eigenvalue weighted by atomic mass is 32.2. The van der Waals surface area contributed by atoms with Gasteiger partial charge < -0.3 is 9.88 Å². The van der Waals surface area contributed by atoms with Crippen LogP contribution in [0.3, 0.4) is 0 Å². The molecular formula is C18H19N5O3S2. The minimum atomic E-state index is -0.495. The van der Waals surface area contributed by atoms with Crippen LogP contribution in [0.15, 0.2) is 40.9 Å². The zero-order chi connectivity index (χ0) is 20.1. The van der Waals surface area contributed by atoms with Crippen molar-refractivity contribution in [2.24, 2.45) is 0 Å². The van der Waals surface area contributed by atoms with Crippen molar-refractivity contribution >= 4 is 40.4 Å². The number of benzene rings is 1. The predicted octanol–water partition coefficient (Wildman–Crippen LogP) is 4.36. The van der Waals surface area contributed by atoms with Crippen molar-refractivity contribution in [1.82, 2.24) is 14.8 Å². The Balaban J connectivity index is 1.68. The van der Waals surface area contributed by atoms with Crippen molar-refractivity contribution in [3.05, 3.63) is 50.7 Å². The molecule has 0 aliphatic carbocycles. The number of hydrogen-bond acceptors (Lipinski definition) is 7. The van der Waals surface area contributed by atoms with E-state index in [0.717, 1.165) is 24.4 Å². The lowest BCUT2D eigenvalue weighted by molar-refractivity contribution is -0.384. The fourth-order valence-electron chi connectivity index (χ4n) is 2.62. The van der Waals surface area contributed by atoms with E-state index in [1.807, 2.05) is 11.5 Å². The van der Waals surface area contributed by atoms with Gasteiger partial charge in [0.15, 0.2) is 11.0 Å². The molecule has 0 saturated heterocycles. The van der Waals surface area contributed by atoms with Crippen LogP contribution in [-0.2, 0) is 11.3 Å². The molecule has 28 heavy (non-hydrogen) atoms. The standard InChI is InChI=1S/C18H19N5O3S2/c1-3-7-22-17(13-8-12(2)27-10-13)20-21-18(22)28-11-16(24)19-14-5-4-6-15(9-14)23(25)26/h4-6,8-10H,3,7,11H2,1-2H3,(H,19,24). The molecule has 2 heterocycles. The molecule has 2 aromatic heterocycles. The Morgan fingerprint density at radius 2 is 2.18 bits per heavy atom. The first kappa shape index (κ1) is 20.0. The number of rotatable bonds is 8. The quantitative estimate of drug-likeness (QED) is 0.332. The zero-order valence-corrected chi connectivity index (χ0v) is 17.0. The Hall–Kier alpha value is -2.72. The Morgan fingerprint density at radius 1 is 1.36 bits per heavy atom. The number of aryl methyl sites for hydroxylation is 1. The van der Waals surface area contributed by atoms with Crippen molar-refractivity contribution in [3.8, 4) is 11.4 Å². The number of thioether (sulfide) groups is 1. The molecule has 1 amide bonds. The van der Waals surface area contributed by atoms with Gasteiger partial charge in [-0.1, -0.05) is 24.8 Å². The molecule has 1 N–H and O–H groups in total. The van der Waals surface area contributed by atoms with E-state index in [4.69, 9.17) is 0 Å². The van der Waals surface area contributed by atoms with Gasteiger partial charge in [0.2, 0.25) is 5.91 Å². The second-order valence-electron chi connectivity index (χ2n) is 6.05. The second-order valence-corrected chi connectivity index (χ2v) is 8.11. The van der Waals surface area contributed by atoms with Crippen LogP contribution >= 0.6 is 23.1 Å². The number of nitrogens with zero attached hydrogens (tertiary/aromatic N) is 4. The maximum atomic E-state index is 12.3. The molecule has 10 heteroatoms. The summed E-state index contributed by atoms with van der Waals surface area (Å²) in [6, 6.07) is 7.94. The number of anilines is 1. The lowest BCUT2D eigenvalue weighted by atomic mass is 10.3. The normalized spacial score (nSPS) is 10.8. The highest BCUT2D eigenvalue weighted by Gasteiger charge is 2.16. The molecule has 146 valence electrons. The van der Waals surface area contributed by atoms with Crippen molar-refractivity contribution < 1.29 is 9.72 Å². The largest absolute Gasteiger partial charge is 0.325 e. The van der Waals surface area contributed by atoms with Crippen LogP contribution in [0, 0.1) is 17.0 Å². The van der Waals surface area contributed by atoms with Gasteiger partial charge in [-0.15, -0.1) is 21.5 Å². The molecule has 3 aromatic rings. The van der Waals surface area contributed by atoms with Crippen LogP contribution in [0.5, 0.6) is 0 Å². The summed E-state index contributed by atoms with van der Waals surface area (Å²) in [7, 11) is 0. The van der Waals surface area contributed by atoms with Crippen molar-refractivity contribution in [1.29, 1.82) is 0 Å². The molecule has 0 aliphatic heterocycles. The molecular weight excluding hydrogens is 398 g/mol. The summed E-state index contributed by atoms with van der Waals surface area (Å²) in [5, 5.41) is 24.8. The molecule has 0 atom stereocenters. The summed E-state index contributed by atoms with van der Waals surface area (Å²) < 4.78 is 2.02. The Kier molecular flexibility index (Phi) is 6.42. The third-order valence-electron chi connectivity index (χ3n) is 3.83. The summed E-state index contributed by atoms with van der Waals surface area (Å²) >= 11 is 2.95. The number of non-ortho nitro benzene ring substituents is 1. The van der Waals surface area contributed by atoms with Crippen molar-refractivity contribution in [3.63, 3.8) is 0 Å². The molecule has 3 rings (SSSR count). The fourth-order valence-corrected chi connectivity index (χ4v) is 4.07. The van der Waals surface area contributed by atoms with E-state index in [1.54, 1.807) is 17.4 Å². The topological polar surface area (TPSA) is 103 Å². The minimum absolute atomic E-state index is 0.0659. The number of hydrogen-bond donors (Lipinski definition) is 1. The molecule has 0 radical (unpaired) electrons. The van der Waals surface area contributed by atoms with Gasteiger partial charge in [-0.05, 0) is 25.5 Å². The average molecular weight is 418 g/mol.